The van der Waals surface area contributed by atoms with Gasteiger partial charge in [-0.05, 0) is 159 Å². The Labute approximate surface area is 343 Å². The average Bonchev–Trinajstić information content (AvgIpc) is 3.67. The van der Waals surface area contributed by atoms with E-state index >= 15 is 0 Å². The van der Waals surface area contributed by atoms with Gasteiger partial charge >= 0.3 is 0 Å². The molecule has 282 valence electrons. The first-order valence-electron chi connectivity index (χ1n) is 21.3. The summed E-state index contributed by atoms with van der Waals surface area (Å²) in [6, 6.07) is 56.1. The fraction of sp³-hybridized carbons (Fsp3) is 0.250. The molecule has 7 aromatic rings. The number of rotatable bonds is 4. The molecule has 2 heteroatoms. The Balaban J connectivity index is 0.989. The zero-order chi connectivity index (χ0) is 39.3. The second kappa shape index (κ2) is 13.0. The molecule has 0 saturated heterocycles. The number of fused-ring (bicyclic) bond motifs is 11. The van der Waals surface area contributed by atoms with E-state index in [1.165, 1.54) is 92.4 Å². The number of hydrogen-bond acceptors (Lipinski definition) is 2. The van der Waals surface area contributed by atoms with Gasteiger partial charge in [0.2, 0.25) is 0 Å². The van der Waals surface area contributed by atoms with Crippen LogP contribution in [0, 0.1) is 35.0 Å². The van der Waals surface area contributed by atoms with Crippen molar-refractivity contribution in [3.05, 3.63) is 173 Å². The maximum absolute atomic E-state index is 10.1. The summed E-state index contributed by atoms with van der Waals surface area (Å²) >= 11 is 0. The Bertz CT molecular complexity index is 2760. The summed E-state index contributed by atoms with van der Waals surface area (Å²) in [4.78, 5) is 5.15. The van der Waals surface area contributed by atoms with Crippen molar-refractivity contribution in [1.82, 2.24) is 4.98 Å². The normalized spacial score (nSPS) is 23.1. The molecule has 5 unspecified atom stereocenters. The SMILES string of the molecule is CC1CC2CC(C)C3(c4ccc(-c5ccc6c(c5)C(C)(C)c5cc(-c7cc(-c8ccccc8)nc(-c8ccccc8)c7)ccc5-6)cc4-c4ccc(C#N)cc43)C(C1)C2. The molecule has 2 nitrogen and oxygen atoms in total. The Morgan fingerprint density at radius 3 is 1.71 bits per heavy atom. The molecule has 6 aromatic carbocycles. The molecule has 11 rings (SSSR count). The number of pyridine rings is 1. The van der Waals surface area contributed by atoms with Gasteiger partial charge in [-0.15, -0.1) is 0 Å². The second-order valence-electron chi connectivity index (χ2n) is 18.5. The van der Waals surface area contributed by atoms with Crippen molar-refractivity contribution in [2.75, 3.05) is 0 Å². The van der Waals surface area contributed by atoms with Crippen molar-refractivity contribution >= 4 is 0 Å². The molecular weight excluding hydrogens is 701 g/mol. The molecule has 4 aliphatic carbocycles. The molecule has 0 N–H and O–H groups in total. The van der Waals surface area contributed by atoms with Crippen molar-refractivity contribution < 1.29 is 0 Å². The van der Waals surface area contributed by atoms with Gasteiger partial charge in [0.1, 0.15) is 0 Å². The molecule has 58 heavy (non-hydrogen) atoms. The Hall–Kier alpha value is -6.04. The van der Waals surface area contributed by atoms with Crippen LogP contribution in [0.2, 0.25) is 0 Å². The molecular formula is C56H48N2. The summed E-state index contributed by atoms with van der Waals surface area (Å²) in [7, 11) is 0. The lowest BCUT2D eigenvalue weighted by Gasteiger charge is -2.54. The van der Waals surface area contributed by atoms with E-state index in [9.17, 15) is 5.26 Å². The predicted molar refractivity (Wildman–Crippen MR) is 238 cm³/mol. The molecule has 2 saturated carbocycles. The van der Waals surface area contributed by atoms with E-state index in [0.29, 0.717) is 11.8 Å². The minimum Gasteiger partial charge on any atom is -0.248 e. The maximum Gasteiger partial charge on any atom is 0.0991 e. The van der Waals surface area contributed by atoms with Crippen LogP contribution in [-0.4, -0.2) is 4.98 Å². The smallest absolute Gasteiger partial charge is 0.0991 e. The average molecular weight is 749 g/mol. The molecule has 2 fully saturated rings. The van der Waals surface area contributed by atoms with Gasteiger partial charge in [-0.1, -0.05) is 131 Å². The topological polar surface area (TPSA) is 36.7 Å². The van der Waals surface area contributed by atoms with Gasteiger partial charge in [-0.2, -0.15) is 5.26 Å². The van der Waals surface area contributed by atoms with Crippen LogP contribution in [0.15, 0.2) is 146 Å². The van der Waals surface area contributed by atoms with E-state index in [0.717, 1.165) is 39.9 Å². The molecule has 0 radical (unpaired) electrons. The fourth-order valence-corrected chi connectivity index (χ4v) is 12.3. The highest BCUT2D eigenvalue weighted by Gasteiger charge is 2.56. The number of aromatic nitrogens is 1. The highest BCUT2D eigenvalue weighted by Crippen LogP contribution is 2.65. The summed E-state index contributed by atoms with van der Waals surface area (Å²) in [5, 5.41) is 10.1. The van der Waals surface area contributed by atoms with E-state index in [-0.39, 0.29) is 10.8 Å². The molecule has 1 heterocycles. The number of nitrogens with zero attached hydrogens (tertiary/aromatic N) is 2. The van der Waals surface area contributed by atoms with E-state index in [1.807, 2.05) is 6.07 Å². The van der Waals surface area contributed by atoms with E-state index in [2.05, 4.69) is 173 Å². The maximum atomic E-state index is 10.1. The van der Waals surface area contributed by atoms with Gasteiger partial charge in [0.05, 0.1) is 23.0 Å². The summed E-state index contributed by atoms with van der Waals surface area (Å²) in [5.41, 5.74) is 20.7. The van der Waals surface area contributed by atoms with Gasteiger partial charge in [-0.3, -0.25) is 0 Å². The fourth-order valence-electron chi connectivity index (χ4n) is 12.3. The van der Waals surface area contributed by atoms with Crippen LogP contribution in [0.3, 0.4) is 0 Å². The minimum atomic E-state index is -0.179. The summed E-state index contributed by atoms with van der Waals surface area (Å²) < 4.78 is 0. The largest absolute Gasteiger partial charge is 0.248 e. The van der Waals surface area contributed by atoms with Gasteiger partial charge in [-0.25, -0.2) is 4.98 Å². The summed E-state index contributed by atoms with van der Waals surface area (Å²) in [5.74, 6) is 2.71. The van der Waals surface area contributed by atoms with Crippen LogP contribution in [0.5, 0.6) is 0 Å². The van der Waals surface area contributed by atoms with Crippen molar-refractivity contribution in [3.63, 3.8) is 0 Å². The lowest BCUT2D eigenvalue weighted by molar-refractivity contribution is 0.0426. The number of benzene rings is 6. The molecule has 0 aliphatic heterocycles. The molecule has 2 bridgehead atoms. The highest BCUT2D eigenvalue weighted by molar-refractivity contribution is 5.89. The molecule has 0 amide bonds. The zero-order valence-electron chi connectivity index (χ0n) is 33.9. The van der Waals surface area contributed by atoms with E-state index in [4.69, 9.17) is 4.98 Å². The standard InChI is InChI=1S/C56H48N2/c1-34-23-37-25-35(2)56(44(24-34)26-37)49-22-18-40(28-48(49)47-19-15-36(33-57)27-52(47)56)41-16-20-45-46-21-17-42(30-51(46)55(3,4)50(45)29-41)43-31-53(38-11-7-5-8-12-38)58-54(32-43)39-13-9-6-10-14-39/h5-22,27-32,34-35,37,44H,23-26H2,1-4H3. The summed E-state index contributed by atoms with van der Waals surface area (Å²) in [6.07, 6.45) is 5.20. The lowest BCUT2D eigenvalue weighted by atomic mass is 9.49. The van der Waals surface area contributed by atoms with Crippen LogP contribution in [0.4, 0.5) is 0 Å². The molecule has 1 aromatic heterocycles. The van der Waals surface area contributed by atoms with Crippen molar-refractivity contribution in [3.8, 4) is 73.1 Å². The third kappa shape index (κ3) is 5.19. The first-order valence-corrected chi connectivity index (χ1v) is 21.3. The molecule has 1 spiro atoms. The Kier molecular flexibility index (Phi) is 7.87. The number of hydrogen-bond donors (Lipinski definition) is 0. The quantitative estimate of drug-likeness (QED) is 0.180. The predicted octanol–water partition coefficient (Wildman–Crippen LogP) is 14.3. The van der Waals surface area contributed by atoms with Crippen LogP contribution < -0.4 is 0 Å². The van der Waals surface area contributed by atoms with Gasteiger partial charge in [0, 0.05) is 22.0 Å². The lowest BCUT2D eigenvalue weighted by Crippen LogP contribution is -2.49. The third-order valence-electron chi connectivity index (χ3n) is 14.8. The zero-order valence-corrected chi connectivity index (χ0v) is 33.9. The van der Waals surface area contributed by atoms with Gasteiger partial charge in [0.25, 0.3) is 0 Å². The van der Waals surface area contributed by atoms with Crippen LogP contribution in [0.1, 0.15) is 81.2 Å². The second-order valence-corrected chi connectivity index (χ2v) is 18.5. The molecule has 5 atom stereocenters. The Morgan fingerprint density at radius 2 is 1.07 bits per heavy atom. The Morgan fingerprint density at radius 1 is 0.500 bits per heavy atom. The highest BCUT2D eigenvalue weighted by atomic mass is 14.7. The third-order valence-corrected chi connectivity index (χ3v) is 14.8. The first-order chi connectivity index (χ1) is 28.2. The van der Waals surface area contributed by atoms with Gasteiger partial charge in [0.15, 0.2) is 0 Å². The van der Waals surface area contributed by atoms with Crippen LogP contribution in [0.25, 0.3) is 67.0 Å². The van der Waals surface area contributed by atoms with E-state index in [1.54, 1.807) is 0 Å². The van der Waals surface area contributed by atoms with Crippen molar-refractivity contribution in [2.45, 2.75) is 64.2 Å². The first kappa shape index (κ1) is 35.1. The van der Waals surface area contributed by atoms with Crippen molar-refractivity contribution in [2.24, 2.45) is 23.7 Å². The minimum absolute atomic E-state index is 0.0287. The van der Waals surface area contributed by atoms with E-state index < -0.39 is 0 Å². The van der Waals surface area contributed by atoms with Crippen molar-refractivity contribution in [1.29, 1.82) is 5.26 Å². The van der Waals surface area contributed by atoms with Crippen LogP contribution in [-0.2, 0) is 10.8 Å². The number of nitriles is 1. The van der Waals surface area contributed by atoms with Crippen LogP contribution >= 0.6 is 0 Å². The monoisotopic (exact) mass is 748 g/mol. The molecule has 4 aliphatic rings. The summed E-state index contributed by atoms with van der Waals surface area (Å²) in [6.45, 7) is 9.75. The van der Waals surface area contributed by atoms with Gasteiger partial charge < -0.3 is 0 Å².